The fourth-order valence-electron chi connectivity index (χ4n) is 1.68. The van der Waals surface area contributed by atoms with Crippen LogP contribution in [0.25, 0.3) is 0 Å². The fourth-order valence-corrected chi connectivity index (χ4v) is 1.68. The summed E-state index contributed by atoms with van der Waals surface area (Å²) in [6.07, 6.45) is 2.36. The molecule has 4 heteroatoms. The van der Waals surface area contributed by atoms with E-state index in [1.165, 1.54) is 6.42 Å². The summed E-state index contributed by atoms with van der Waals surface area (Å²) in [5.74, 6) is 0. The maximum atomic E-state index is 5.30. The predicted octanol–water partition coefficient (Wildman–Crippen LogP) is 0.335. The molecule has 0 unspecified atom stereocenters. The smallest absolute Gasteiger partial charge is 0.0594 e. The third-order valence-electron chi connectivity index (χ3n) is 2.66. The van der Waals surface area contributed by atoms with Crippen LogP contribution in [0, 0.1) is 0 Å². The van der Waals surface area contributed by atoms with Gasteiger partial charge in [-0.15, -0.1) is 0 Å². The molecule has 1 aliphatic rings. The number of rotatable bonds is 8. The average Bonchev–Trinajstić information content (AvgIpc) is 2.29. The van der Waals surface area contributed by atoms with Gasteiger partial charge in [0.1, 0.15) is 0 Å². The van der Waals surface area contributed by atoms with Crippen molar-refractivity contribution in [2.24, 2.45) is 0 Å². The summed E-state index contributed by atoms with van der Waals surface area (Å²) in [6, 6.07) is 0. The Labute approximate surface area is 92.9 Å². The van der Waals surface area contributed by atoms with Gasteiger partial charge in [0.05, 0.1) is 13.2 Å². The topological polar surface area (TPSA) is 33.7 Å². The molecule has 4 nitrogen and oxygen atoms in total. The molecule has 0 bridgehead atoms. The molecule has 0 aromatic carbocycles. The maximum Gasteiger partial charge on any atom is 0.0594 e. The van der Waals surface area contributed by atoms with Crippen molar-refractivity contribution in [2.75, 3.05) is 59.7 Å². The van der Waals surface area contributed by atoms with Crippen LogP contribution < -0.4 is 5.32 Å². The van der Waals surface area contributed by atoms with Crippen LogP contribution in [0.4, 0.5) is 0 Å². The van der Waals surface area contributed by atoms with Crippen LogP contribution in [-0.4, -0.2) is 64.6 Å². The van der Waals surface area contributed by atoms with Gasteiger partial charge in [0, 0.05) is 39.9 Å². The van der Waals surface area contributed by atoms with E-state index in [1.54, 1.807) is 7.11 Å². The lowest BCUT2D eigenvalue weighted by atomic mass is 10.3. The Balaban J connectivity index is 1.79. The Bertz CT molecular complexity index is 139. The van der Waals surface area contributed by atoms with Gasteiger partial charge in [-0.1, -0.05) is 0 Å². The van der Waals surface area contributed by atoms with E-state index >= 15 is 0 Å². The minimum Gasteiger partial charge on any atom is -0.385 e. The van der Waals surface area contributed by atoms with Crippen molar-refractivity contribution in [1.29, 1.82) is 0 Å². The SMILES string of the molecule is COCCCCNCCN1CCOCC1. The molecule has 1 aliphatic heterocycles. The summed E-state index contributed by atoms with van der Waals surface area (Å²) in [5, 5.41) is 3.45. The van der Waals surface area contributed by atoms with E-state index in [4.69, 9.17) is 9.47 Å². The largest absolute Gasteiger partial charge is 0.385 e. The molecule has 0 radical (unpaired) electrons. The van der Waals surface area contributed by atoms with E-state index in [0.29, 0.717) is 0 Å². The van der Waals surface area contributed by atoms with Crippen molar-refractivity contribution < 1.29 is 9.47 Å². The zero-order chi connectivity index (χ0) is 10.8. The van der Waals surface area contributed by atoms with Crippen LogP contribution in [0.1, 0.15) is 12.8 Å². The first kappa shape index (κ1) is 12.9. The minimum absolute atomic E-state index is 0.880. The molecule has 0 aromatic heterocycles. The van der Waals surface area contributed by atoms with E-state index in [2.05, 4.69) is 10.2 Å². The first-order valence-electron chi connectivity index (χ1n) is 5.93. The van der Waals surface area contributed by atoms with Gasteiger partial charge in [0.15, 0.2) is 0 Å². The highest BCUT2D eigenvalue weighted by Gasteiger charge is 2.08. The molecule has 0 spiro atoms. The maximum absolute atomic E-state index is 5.30. The van der Waals surface area contributed by atoms with Crippen molar-refractivity contribution in [3.63, 3.8) is 0 Å². The summed E-state index contributed by atoms with van der Waals surface area (Å²) in [7, 11) is 1.76. The predicted molar refractivity (Wildman–Crippen MR) is 61.2 cm³/mol. The molecule has 0 saturated carbocycles. The van der Waals surface area contributed by atoms with Crippen LogP contribution in [0.5, 0.6) is 0 Å². The summed E-state index contributed by atoms with van der Waals surface area (Å²) in [5.41, 5.74) is 0. The molecule has 0 atom stereocenters. The lowest BCUT2D eigenvalue weighted by molar-refractivity contribution is 0.0384. The lowest BCUT2D eigenvalue weighted by Gasteiger charge is -2.26. The van der Waals surface area contributed by atoms with Gasteiger partial charge >= 0.3 is 0 Å². The van der Waals surface area contributed by atoms with Gasteiger partial charge in [-0.3, -0.25) is 4.90 Å². The second kappa shape index (κ2) is 9.09. The van der Waals surface area contributed by atoms with Crippen molar-refractivity contribution >= 4 is 0 Å². The number of ether oxygens (including phenoxy) is 2. The van der Waals surface area contributed by atoms with Gasteiger partial charge in [0.2, 0.25) is 0 Å². The van der Waals surface area contributed by atoms with Gasteiger partial charge in [-0.25, -0.2) is 0 Å². The zero-order valence-corrected chi connectivity index (χ0v) is 9.83. The first-order valence-corrected chi connectivity index (χ1v) is 5.93. The standard InChI is InChI=1S/C11H24N2O2/c1-14-9-3-2-4-12-5-6-13-7-10-15-11-8-13/h12H,2-11H2,1H3. The Hall–Kier alpha value is -0.160. The number of hydrogen-bond donors (Lipinski definition) is 1. The van der Waals surface area contributed by atoms with Crippen LogP contribution in [0.15, 0.2) is 0 Å². The molecule has 0 amide bonds. The summed E-state index contributed by atoms with van der Waals surface area (Å²) < 4.78 is 10.3. The summed E-state index contributed by atoms with van der Waals surface area (Å²) in [6.45, 7) is 8.19. The van der Waals surface area contributed by atoms with Gasteiger partial charge in [-0.05, 0) is 19.4 Å². The highest BCUT2D eigenvalue weighted by atomic mass is 16.5. The Kier molecular flexibility index (Phi) is 7.83. The third kappa shape index (κ3) is 6.84. The van der Waals surface area contributed by atoms with E-state index in [1.807, 2.05) is 0 Å². The Morgan fingerprint density at radius 1 is 1.20 bits per heavy atom. The number of morpholine rings is 1. The van der Waals surface area contributed by atoms with Gasteiger partial charge in [-0.2, -0.15) is 0 Å². The zero-order valence-electron chi connectivity index (χ0n) is 9.83. The minimum atomic E-state index is 0.880. The third-order valence-corrected chi connectivity index (χ3v) is 2.66. The van der Waals surface area contributed by atoms with E-state index in [9.17, 15) is 0 Å². The second-order valence-electron chi connectivity index (χ2n) is 3.90. The highest BCUT2D eigenvalue weighted by Crippen LogP contribution is 1.94. The molecular formula is C11H24N2O2. The van der Waals surface area contributed by atoms with Gasteiger partial charge < -0.3 is 14.8 Å². The summed E-state index contributed by atoms with van der Waals surface area (Å²) >= 11 is 0. The van der Waals surface area contributed by atoms with Crippen LogP contribution in [0.3, 0.4) is 0 Å². The fraction of sp³-hybridized carbons (Fsp3) is 1.00. The summed E-state index contributed by atoms with van der Waals surface area (Å²) in [4.78, 5) is 2.45. The molecule has 1 rings (SSSR count). The van der Waals surface area contributed by atoms with Crippen molar-refractivity contribution in [3.8, 4) is 0 Å². The van der Waals surface area contributed by atoms with E-state index < -0.39 is 0 Å². The van der Waals surface area contributed by atoms with Crippen LogP contribution in [0.2, 0.25) is 0 Å². The number of hydrogen-bond acceptors (Lipinski definition) is 4. The van der Waals surface area contributed by atoms with Crippen LogP contribution in [-0.2, 0) is 9.47 Å². The molecule has 1 saturated heterocycles. The number of nitrogens with zero attached hydrogens (tertiary/aromatic N) is 1. The van der Waals surface area contributed by atoms with Crippen molar-refractivity contribution in [1.82, 2.24) is 10.2 Å². The quantitative estimate of drug-likeness (QED) is 0.593. The molecule has 90 valence electrons. The van der Waals surface area contributed by atoms with Crippen LogP contribution >= 0.6 is 0 Å². The number of nitrogens with one attached hydrogen (secondary N) is 1. The second-order valence-corrected chi connectivity index (χ2v) is 3.90. The van der Waals surface area contributed by atoms with Gasteiger partial charge in [0.25, 0.3) is 0 Å². The number of unbranched alkanes of at least 4 members (excludes halogenated alkanes) is 1. The first-order chi connectivity index (χ1) is 7.43. The van der Waals surface area contributed by atoms with Crippen molar-refractivity contribution in [2.45, 2.75) is 12.8 Å². The number of methoxy groups -OCH3 is 1. The molecule has 15 heavy (non-hydrogen) atoms. The molecule has 1 heterocycles. The van der Waals surface area contributed by atoms with Crippen molar-refractivity contribution in [3.05, 3.63) is 0 Å². The molecule has 0 aliphatic carbocycles. The average molecular weight is 216 g/mol. The normalized spacial score (nSPS) is 18.2. The Morgan fingerprint density at radius 2 is 2.00 bits per heavy atom. The lowest BCUT2D eigenvalue weighted by Crippen LogP contribution is -2.40. The monoisotopic (exact) mass is 216 g/mol. The Morgan fingerprint density at radius 3 is 2.73 bits per heavy atom. The molecular weight excluding hydrogens is 192 g/mol. The molecule has 1 N–H and O–H groups in total. The van der Waals surface area contributed by atoms with E-state index in [-0.39, 0.29) is 0 Å². The highest BCUT2D eigenvalue weighted by molar-refractivity contribution is 4.62. The van der Waals surface area contributed by atoms with E-state index in [0.717, 1.165) is 59.0 Å². The molecule has 0 aromatic rings. The molecule has 1 fully saturated rings.